The van der Waals surface area contributed by atoms with Crippen LogP contribution in [0, 0.1) is 11.8 Å². The number of thioether (sulfide) groups is 1. The van der Waals surface area contributed by atoms with Crippen LogP contribution in [0.2, 0.25) is 5.02 Å². The Morgan fingerprint density at radius 1 is 1.14 bits per heavy atom. The third kappa shape index (κ3) is 3.81. The lowest BCUT2D eigenvalue weighted by Crippen LogP contribution is -2.55. The summed E-state index contributed by atoms with van der Waals surface area (Å²) in [5.41, 5.74) is 1.42. The summed E-state index contributed by atoms with van der Waals surface area (Å²) in [6, 6.07) is 15.1. The van der Waals surface area contributed by atoms with Crippen LogP contribution >= 0.6 is 23.4 Å². The number of para-hydroxylation sites is 1. The van der Waals surface area contributed by atoms with Gasteiger partial charge in [0.2, 0.25) is 17.7 Å². The number of carbonyl (C=O) groups is 3. The number of aliphatic hydroxyl groups is 1. The normalized spacial score (nSPS) is 31.3. The molecule has 36 heavy (non-hydrogen) atoms. The summed E-state index contributed by atoms with van der Waals surface area (Å²) in [7, 11) is 1.58. The van der Waals surface area contributed by atoms with E-state index in [1.165, 1.54) is 0 Å². The molecule has 3 aliphatic rings. The maximum Gasteiger partial charge on any atom is 0.248 e. The monoisotopic (exact) mass is 527 g/mol. The number of hydrogen-bond acceptors (Lipinski definition) is 5. The molecule has 9 heteroatoms. The predicted octanol–water partition coefficient (Wildman–Crippen LogP) is 3.11. The number of fused-ring (bicyclic) bond motifs is 1. The lowest BCUT2D eigenvalue weighted by atomic mass is 9.66. The number of likely N-dealkylation sites (tertiary alicyclic amines) is 1. The molecule has 190 valence electrons. The Labute approximate surface area is 220 Å². The molecule has 1 spiro atoms. The predicted molar refractivity (Wildman–Crippen MR) is 141 cm³/mol. The van der Waals surface area contributed by atoms with Gasteiger partial charge in [-0.15, -0.1) is 11.8 Å². The van der Waals surface area contributed by atoms with Gasteiger partial charge in [-0.2, -0.15) is 0 Å². The van der Waals surface area contributed by atoms with Crippen LogP contribution in [0.15, 0.2) is 54.6 Å². The smallest absolute Gasteiger partial charge is 0.248 e. The maximum absolute atomic E-state index is 14.2. The summed E-state index contributed by atoms with van der Waals surface area (Å²) in [6.07, 6.45) is 1.76. The molecule has 3 saturated heterocycles. The molecule has 5 rings (SSSR count). The number of anilines is 1. The van der Waals surface area contributed by atoms with E-state index in [1.807, 2.05) is 37.3 Å². The lowest BCUT2D eigenvalue weighted by Gasteiger charge is -2.37. The summed E-state index contributed by atoms with van der Waals surface area (Å²) < 4.78 is -1.21. The van der Waals surface area contributed by atoms with Gasteiger partial charge in [-0.1, -0.05) is 54.1 Å². The molecule has 3 fully saturated rings. The quantitative estimate of drug-likeness (QED) is 0.514. The number of rotatable bonds is 7. The summed E-state index contributed by atoms with van der Waals surface area (Å²) in [4.78, 5) is 42.8. The largest absolute Gasteiger partial charge is 0.394 e. The van der Waals surface area contributed by atoms with E-state index in [0.717, 1.165) is 12.0 Å². The molecule has 2 aromatic rings. The van der Waals surface area contributed by atoms with E-state index < -0.39 is 33.4 Å². The molecule has 2 unspecified atom stereocenters. The molecule has 2 aromatic carbocycles. The van der Waals surface area contributed by atoms with Crippen molar-refractivity contribution in [2.75, 3.05) is 19.0 Å². The second-order valence-electron chi connectivity index (χ2n) is 10.1. The third-order valence-corrected chi connectivity index (χ3v) is 10.4. The minimum absolute atomic E-state index is 0.180. The zero-order chi connectivity index (χ0) is 25.7. The van der Waals surface area contributed by atoms with Gasteiger partial charge in [0.1, 0.15) is 6.04 Å². The zero-order valence-corrected chi connectivity index (χ0v) is 21.8. The van der Waals surface area contributed by atoms with Crippen molar-refractivity contribution in [3.8, 4) is 0 Å². The first-order chi connectivity index (χ1) is 17.3. The molecule has 7 nitrogen and oxygen atoms in total. The summed E-state index contributed by atoms with van der Waals surface area (Å²) in [6.45, 7) is 1.73. The van der Waals surface area contributed by atoms with Crippen LogP contribution in [0.25, 0.3) is 0 Å². The van der Waals surface area contributed by atoms with Crippen LogP contribution in [0.4, 0.5) is 5.69 Å². The number of aliphatic hydroxyl groups excluding tert-OH is 1. The third-order valence-electron chi connectivity index (χ3n) is 8.04. The molecule has 3 heterocycles. The van der Waals surface area contributed by atoms with Gasteiger partial charge in [-0.25, -0.2) is 0 Å². The Balaban J connectivity index is 1.58. The molecule has 0 radical (unpaired) electrons. The van der Waals surface area contributed by atoms with Gasteiger partial charge in [-0.05, 0) is 43.9 Å². The first-order valence-corrected chi connectivity index (χ1v) is 13.4. The van der Waals surface area contributed by atoms with Gasteiger partial charge in [0.15, 0.2) is 0 Å². The fraction of sp³-hybridized carbons (Fsp3) is 0.444. The van der Waals surface area contributed by atoms with Crippen LogP contribution in [0.3, 0.4) is 0 Å². The highest BCUT2D eigenvalue weighted by Crippen LogP contribution is 2.71. The van der Waals surface area contributed by atoms with Gasteiger partial charge in [0.05, 0.1) is 39.9 Å². The highest BCUT2D eigenvalue weighted by atomic mass is 35.5. The van der Waals surface area contributed by atoms with Gasteiger partial charge < -0.3 is 20.6 Å². The number of halogens is 1. The highest BCUT2D eigenvalue weighted by molar-refractivity contribution is 8.02. The molecular formula is C27H30ClN3O4S. The SMILES string of the molecule is CNC(=O)[C@@H]1[C@H]2C(=O)N([C@@H](CO)Cc3ccccc3)C(C(=O)Nc3ccccc3Cl)C23CC[C@@]1(C)S3. The molecule has 0 aromatic heterocycles. The lowest BCUT2D eigenvalue weighted by molar-refractivity contribution is -0.142. The van der Waals surface area contributed by atoms with E-state index in [4.69, 9.17) is 11.6 Å². The van der Waals surface area contributed by atoms with Crippen LogP contribution in [-0.2, 0) is 20.8 Å². The Bertz CT molecular complexity index is 1200. The number of nitrogens with one attached hydrogen (secondary N) is 2. The number of benzene rings is 2. The van der Waals surface area contributed by atoms with Gasteiger partial charge in [0.25, 0.3) is 0 Å². The van der Waals surface area contributed by atoms with Crippen molar-refractivity contribution in [2.45, 2.75) is 47.8 Å². The van der Waals surface area contributed by atoms with E-state index in [1.54, 1.807) is 48.0 Å². The first kappa shape index (κ1) is 25.1. The van der Waals surface area contributed by atoms with Crippen molar-refractivity contribution in [2.24, 2.45) is 11.8 Å². The molecule has 3 amide bonds. The van der Waals surface area contributed by atoms with E-state index >= 15 is 0 Å². The molecule has 2 bridgehead atoms. The number of carbonyl (C=O) groups excluding carboxylic acids is 3. The second kappa shape index (κ2) is 9.39. The van der Waals surface area contributed by atoms with Crippen LogP contribution < -0.4 is 10.6 Å². The van der Waals surface area contributed by atoms with E-state index in [9.17, 15) is 19.5 Å². The van der Waals surface area contributed by atoms with Crippen LogP contribution in [0.1, 0.15) is 25.3 Å². The molecule has 3 N–H and O–H groups in total. The molecule has 3 aliphatic heterocycles. The number of amides is 3. The minimum Gasteiger partial charge on any atom is -0.394 e. The molecule has 6 atom stereocenters. The minimum atomic E-state index is -0.853. The Kier molecular flexibility index (Phi) is 6.55. The molecular weight excluding hydrogens is 498 g/mol. The van der Waals surface area contributed by atoms with Crippen molar-refractivity contribution in [3.05, 3.63) is 65.2 Å². The molecule has 0 saturated carbocycles. The summed E-state index contributed by atoms with van der Waals surface area (Å²) >= 11 is 7.94. The van der Waals surface area contributed by atoms with E-state index in [2.05, 4.69) is 10.6 Å². The highest BCUT2D eigenvalue weighted by Gasteiger charge is 2.77. The van der Waals surface area contributed by atoms with Crippen molar-refractivity contribution in [3.63, 3.8) is 0 Å². The fourth-order valence-electron chi connectivity index (χ4n) is 6.51. The maximum atomic E-state index is 14.2. The Morgan fingerprint density at radius 2 is 1.83 bits per heavy atom. The molecule has 0 aliphatic carbocycles. The Morgan fingerprint density at radius 3 is 2.50 bits per heavy atom. The summed E-state index contributed by atoms with van der Waals surface area (Å²) in [5, 5.41) is 16.6. The second-order valence-corrected chi connectivity index (χ2v) is 12.4. The van der Waals surface area contributed by atoms with Crippen LogP contribution in [0.5, 0.6) is 0 Å². The average Bonchev–Trinajstić information content (AvgIpc) is 3.45. The van der Waals surface area contributed by atoms with Crippen molar-refractivity contribution in [1.29, 1.82) is 0 Å². The summed E-state index contributed by atoms with van der Waals surface area (Å²) in [5.74, 6) is -1.97. The van der Waals surface area contributed by atoms with Gasteiger partial charge in [-0.3, -0.25) is 14.4 Å². The first-order valence-electron chi connectivity index (χ1n) is 12.2. The van der Waals surface area contributed by atoms with Crippen molar-refractivity contribution >= 4 is 46.8 Å². The van der Waals surface area contributed by atoms with E-state index in [-0.39, 0.29) is 24.3 Å². The number of nitrogens with zero attached hydrogens (tertiary/aromatic N) is 1. The topological polar surface area (TPSA) is 98.7 Å². The fourth-order valence-corrected chi connectivity index (χ4v) is 9.04. The van der Waals surface area contributed by atoms with E-state index in [0.29, 0.717) is 23.6 Å². The Hall–Kier alpha value is -2.55. The van der Waals surface area contributed by atoms with Gasteiger partial charge in [0, 0.05) is 11.8 Å². The number of hydrogen-bond donors (Lipinski definition) is 3. The van der Waals surface area contributed by atoms with Gasteiger partial charge >= 0.3 is 0 Å². The average molecular weight is 528 g/mol. The zero-order valence-electron chi connectivity index (χ0n) is 20.2. The van der Waals surface area contributed by atoms with Crippen molar-refractivity contribution in [1.82, 2.24) is 10.2 Å². The van der Waals surface area contributed by atoms with Crippen LogP contribution in [-0.4, -0.2) is 63.0 Å². The standard InChI is InChI=1S/C27H30ClN3O4S/c1-26-12-13-27(36-26)21(20(26)23(33)29-2)25(35)31(17(15-32)14-16-8-4-3-5-9-16)22(27)24(34)30-19-11-7-6-10-18(19)28/h3-11,17,20-22,32H,12-15H2,1-2H3,(H,29,33)(H,30,34)/t17-,20+,21+,22?,26-,27?/m1/s1. The van der Waals surface area contributed by atoms with Crippen molar-refractivity contribution < 1.29 is 19.5 Å².